The monoisotopic (exact) mass is 412 g/mol. The number of carbonyl (C=O) groups excluding carboxylic acids is 1. The zero-order valence-electron chi connectivity index (χ0n) is 17.5. The van der Waals surface area contributed by atoms with Crippen molar-refractivity contribution in [1.29, 1.82) is 0 Å². The summed E-state index contributed by atoms with van der Waals surface area (Å²) in [5, 5.41) is 11.6. The molecule has 0 spiro atoms. The summed E-state index contributed by atoms with van der Waals surface area (Å²) in [6, 6.07) is 27.3. The quantitative estimate of drug-likeness (QED) is 0.493. The van der Waals surface area contributed by atoms with E-state index in [2.05, 4.69) is 15.6 Å². The molecule has 0 atom stereocenters. The van der Waals surface area contributed by atoms with E-state index in [4.69, 9.17) is 4.74 Å². The first-order valence-electron chi connectivity index (χ1n) is 10.1. The number of rotatable bonds is 7. The Morgan fingerprint density at radius 1 is 0.935 bits per heavy atom. The molecule has 0 aliphatic carbocycles. The summed E-state index contributed by atoms with van der Waals surface area (Å²) in [4.78, 5) is 13.3. The third-order valence-corrected chi connectivity index (χ3v) is 5.08. The summed E-state index contributed by atoms with van der Waals surface area (Å²) in [5.74, 6) is -0.303. The van der Waals surface area contributed by atoms with E-state index in [0.717, 1.165) is 22.4 Å². The van der Waals surface area contributed by atoms with Crippen molar-refractivity contribution in [2.75, 3.05) is 7.11 Å². The number of benzene rings is 3. The molecule has 0 unspecified atom stereocenters. The number of hydrogen-bond donors (Lipinski definition) is 1. The fourth-order valence-electron chi connectivity index (χ4n) is 3.49. The molecule has 6 nitrogen and oxygen atoms in total. The zero-order valence-corrected chi connectivity index (χ0v) is 17.5. The maximum Gasteiger partial charge on any atom is 0.274 e. The van der Waals surface area contributed by atoms with Crippen molar-refractivity contribution in [3.05, 3.63) is 113 Å². The summed E-state index contributed by atoms with van der Waals surface area (Å²) in [6.45, 7) is 2.23. The molecule has 156 valence electrons. The molecule has 0 bridgehead atoms. The first kappa shape index (κ1) is 20.5. The van der Waals surface area contributed by atoms with Gasteiger partial charge in [0, 0.05) is 7.11 Å². The largest absolute Gasteiger partial charge is 0.378 e. The van der Waals surface area contributed by atoms with Crippen LogP contribution in [0.15, 0.2) is 84.9 Å². The standard InChI is InChI=1S/C25H24N4O2/c1-18-13-15-21(16-14-18)29-22(17-31-2)24(27-28-29)25(30)26-23(19-9-5-3-6-10-19)20-11-7-4-8-12-20/h3-16,23H,17H2,1-2H3,(H,26,30). The van der Waals surface area contributed by atoms with E-state index >= 15 is 0 Å². The van der Waals surface area contributed by atoms with Gasteiger partial charge in [0.2, 0.25) is 0 Å². The van der Waals surface area contributed by atoms with Gasteiger partial charge in [-0.3, -0.25) is 4.79 Å². The minimum Gasteiger partial charge on any atom is -0.378 e. The third kappa shape index (κ3) is 4.54. The summed E-state index contributed by atoms with van der Waals surface area (Å²) in [6.07, 6.45) is 0. The Hall–Kier alpha value is -3.77. The number of hydrogen-bond acceptors (Lipinski definition) is 4. The first-order chi connectivity index (χ1) is 15.2. The van der Waals surface area contributed by atoms with Gasteiger partial charge in [-0.15, -0.1) is 5.10 Å². The van der Waals surface area contributed by atoms with E-state index in [0.29, 0.717) is 5.69 Å². The van der Waals surface area contributed by atoms with Crippen LogP contribution >= 0.6 is 0 Å². The van der Waals surface area contributed by atoms with E-state index in [9.17, 15) is 4.79 Å². The van der Waals surface area contributed by atoms with Gasteiger partial charge in [-0.25, -0.2) is 4.68 Å². The number of aromatic nitrogens is 3. The Morgan fingerprint density at radius 3 is 2.06 bits per heavy atom. The normalized spacial score (nSPS) is 10.9. The van der Waals surface area contributed by atoms with Gasteiger partial charge < -0.3 is 10.1 Å². The van der Waals surface area contributed by atoms with Crippen molar-refractivity contribution in [2.45, 2.75) is 19.6 Å². The van der Waals surface area contributed by atoms with E-state index in [1.807, 2.05) is 91.9 Å². The second-order valence-electron chi connectivity index (χ2n) is 7.29. The molecule has 0 saturated carbocycles. The number of ether oxygens (including phenoxy) is 1. The highest BCUT2D eigenvalue weighted by molar-refractivity contribution is 5.94. The smallest absolute Gasteiger partial charge is 0.274 e. The molecular weight excluding hydrogens is 388 g/mol. The van der Waals surface area contributed by atoms with Crippen LogP contribution in [0.5, 0.6) is 0 Å². The summed E-state index contributed by atoms with van der Waals surface area (Å²) < 4.78 is 7.01. The van der Waals surface area contributed by atoms with Crippen LogP contribution in [0.1, 0.15) is 38.9 Å². The molecule has 31 heavy (non-hydrogen) atoms. The van der Waals surface area contributed by atoms with Crippen molar-refractivity contribution in [3.8, 4) is 5.69 Å². The number of nitrogens with zero attached hydrogens (tertiary/aromatic N) is 3. The molecule has 4 aromatic rings. The van der Waals surface area contributed by atoms with Gasteiger partial charge in [0.1, 0.15) is 5.69 Å². The molecule has 0 aliphatic heterocycles. The summed E-state index contributed by atoms with van der Waals surface area (Å²) in [5.41, 5.74) is 4.79. The highest BCUT2D eigenvalue weighted by atomic mass is 16.5. The molecule has 1 heterocycles. The lowest BCUT2D eigenvalue weighted by Gasteiger charge is -2.19. The Balaban J connectivity index is 1.69. The molecule has 6 heteroatoms. The molecule has 0 aliphatic rings. The lowest BCUT2D eigenvalue weighted by molar-refractivity contribution is 0.0932. The third-order valence-electron chi connectivity index (χ3n) is 5.08. The van der Waals surface area contributed by atoms with E-state index < -0.39 is 0 Å². The predicted octanol–water partition coefficient (Wildman–Crippen LogP) is 4.24. The molecule has 0 saturated heterocycles. The maximum atomic E-state index is 13.3. The zero-order chi connectivity index (χ0) is 21.6. The molecule has 4 rings (SSSR count). The number of nitrogens with one attached hydrogen (secondary N) is 1. The van der Waals surface area contributed by atoms with Crippen LogP contribution in [-0.4, -0.2) is 28.0 Å². The number of methoxy groups -OCH3 is 1. The van der Waals surface area contributed by atoms with Gasteiger partial charge in [0.05, 0.1) is 18.3 Å². The highest BCUT2D eigenvalue weighted by Crippen LogP contribution is 2.23. The van der Waals surface area contributed by atoms with Crippen molar-refractivity contribution < 1.29 is 9.53 Å². The Morgan fingerprint density at radius 2 is 1.52 bits per heavy atom. The SMILES string of the molecule is COCc1c(C(=O)NC(c2ccccc2)c2ccccc2)nnn1-c1ccc(C)cc1. The lowest BCUT2D eigenvalue weighted by atomic mass is 9.98. The van der Waals surface area contributed by atoms with E-state index in [1.165, 1.54) is 0 Å². The minimum absolute atomic E-state index is 0.213. The maximum absolute atomic E-state index is 13.3. The van der Waals surface area contributed by atoms with Crippen LogP contribution in [0.3, 0.4) is 0 Å². The highest BCUT2D eigenvalue weighted by Gasteiger charge is 2.24. The molecule has 1 N–H and O–H groups in total. The number of aryl methyl sites for hydroxylation is 1. The van der Waals surface area contributed by atoms with Gasteiger partial charge in [-0.05, 0) is 30.2 Å². The summed E-state index contributed by atoms with van der Waals surface area (Å²) >= 11 is 0. The van der Waals surface area contributed by atoms with Crippen LogP contribution in [0.2, 0.25) is 0 Å². The minimum atomic E-state index is -0.310. The Kier molecular flexibility index (Phi) is 6.19. The lowest BCUT2D eigenvalue weighted by Crippen LogP contribution is -2.30. The van der Waals surface area contributed by atoms with Gasteiger partial charge in [-0.1, -0.05) is 83.6 Å². The van der Waals surface area contributed by atoms with Crippen LogP contribution in [-0.2, 0) is 11.3 Å². The van der Waals surface area contributed by atoms with Crippen molar-refractivity contribution in [2.24, 2.45) is 0 Å². The van der Waals surface area contributed by atoms with E-state index in [1.54, 1.807) is 11.8 Å². The fourth-order valence-corrected chi connectivity index (χ4v) is 3.49. The van der Waals surface area contributed by atoms with Crippen molar-refractivity contribution in [1.82, 2.24) is 20.3 Å². The van der Waals surface area contributed by atoms with Gasteiger partial charge >= 0.3 is 0 Å². The summed E-state index contributed by atoms with van der Waals surface area (Å²) in [7, 11) is 1.59. The molecular formula is C25H24N4O2. The molecule has 0 radical (unpaired) electrons. The second-order valence-corrected chi connectivity index (χ2v) is 7.29. The van der Waals surface area contributed by atoms with Crippen LogP contribution in [0.25, 0.3) is 5.69 Å². The van der Waals surface area contributed by atoms with Gasteiger partial charge in [0.25, 0.3) is 5.91 Å². The number of carbonyl (C=O) groups is 1. The molecule has 3 aromatic carbocycles. The van der Waals surface area contributed by atoms with Gasteiger partial charge in [-0.2, -0.15) is 0 Å². The van der Waals surface area contributed by atoms with Crippen LogP contribution in [0, 0.1) is 6.92 Å². The van der Waals surface area contributed by atoms with Crippen molar-refractivity contribution in [3.63, 3.8) is 0 Å². The Labute approximate surface area is 181 Å². The average Bonchev–Trinajstić information content (AvgIpc) is 3.23. The Bertz CT molecular complexity index is 1100. The first-order valence-corrected chi connectivity index (χ1v) is 10.1. The predicted molar refractivity (Wildman–Crippen MR) is 119 cm³/mol. The number of amides is 1. The van der Waals surface area contributed by atoms with E-state index in [-0.39, 0.29) is 24.2 Å². The molecule has 1 aromatic heterocycles. The van der Waals surface area contributed by atoms with Crippen LogP contribution < -0.4 is 5.32 Å². The van der Waals surface area contributed by atoms with Gasteiger partial charge in [0.15, 0.2) is 5.69 Å². The van der Waals surface area contributed by atoms with Crippen LogP contribution in [0.4, 0.5) is 0 Å². The fraction of sp³-hybridized carbons (Fsp3) is 0.160. The average molecular weight is 412 g/mol. The molecule has 0 fully saturated rings. The molecule has 1 amide bonds. The van der Waals surface area contributed by atoms with Crippen molar-refractivity contribution >= 4 is 5.91 Å². The second kappa shape index (κ2) is 9.36. The topological polar surface area (TPSA) is 69.0 Å².